The second-order valence-corrected chi connectivity index (χ2v) is 22.2. The molecule has 9 heteroatoms. The number of fused-ring (bicyclic) bond motifs is 7. The zero-order chi connectivity index (χ0) is 42.1. The van der Waals surface area contributed by atoms with Crippen LogP contribution in [0.15, 0.2) is 35.4 Å². The molecule has 5 aliphatic rings. The minimum atomic E-state index is -1.17. The van der Waals surface area contributed by atoms with E-state index < -0.39 is 28.9 Å². The third kappa shape index (κ3) is 7.58. The van der Waals surface area contributed by atoms with E-state index in [9.17, 15) is 24.6 Å². The van der Waals surface area contributed by atoms with Crippen LogP contribution >= 0.6 is 11.6 Å². The summed E-state index contributed by atoms with van der Waals surface area (Å²) in [5, 5.41) is 23.0. The van der Waals surface area contributed by atoms with Crippen molar-refractivity contribution < 1.29 is 29.3 Å². The first-order valence-electron chi connectivity index (χ1n) is 21.9. The van der Waals surface area contributed by atoms with Crippen molar-refractivity contribution in [2.24, 2.45) is 56.2 Å². The van der Waals surface area contributed by atoms with E-state index in [-0.39, 0.29) is 51.8 Å². The predicted molar refractivity (Wildman–Crippen MR) is 227 cm³/mol. The molecular weight excluding hydrogens is 736 g/mol. The number of esters is 1. The summed E-state index contributed by atoms with van der Waals surface area (Å²) in [4.78, 5) is 43.8. The van der Waals surface area contributed by atoms with Gasteiger partial charge in [-0.25, -0.2) is 0 Å². The first-order chi connectivity index (χ1) is 26.4. The number of Topliss-reactive ketones (excluding diaryl/α,β-unsaturated/α-hetero) is 1. The van der Waals surface area contributed by atoms with Gasteiger partial charge in [0.2, 0.25) is 0 Å². The van der Waals surface area contributed by atoms with Crippen LogP contribution in [-0.2, 0) is 25.7 Å². The van der Waals surface area contributed by atoms with Crippen molar-refractivity contribution in [3.63, 3.8) is 0 Å². The molecule has 318 valence electrons. The van der Waals surface area contributed by atoms with Crippen molar-refractivity contribution in [1.29, 1.82) is 0 Å². The van der Waals surface area contributed by atoms with E-state index in [1.54, 1.807) is 13.8 Å². The molecule has 0 amide bonds. The number of carboxylic acids is 1. The summed E-state index contributed by atoms with van der Waals surface area (Å²) in [6, 6.07) is 8.00. The largest absolute Gasteiger partial charge is 0.481 e. The molecule has 1 aromatic carbocycles. The van der Waals surface area contributed by atoms with E-state index in [2.05, 4.69) is 84.5 Å². The van der Waals surface area contributed by atoms with Crippen LogP contribution in [-0.4, -0.2) is 83.7 Å². The third-order valence-electron chi connectivity index (χ3n) is 17.1. The van der Waals surface area contributed by atoms with Crippen LogP contribution in [0, 0.1) is 56.2 Å². The molecule has 4 fully saturated rings. The molecule has 0 heterocycles. The van der Waals surface area contributed by atoms with E-state index >= 15 is 0 Å². The molecule has 1 aromatic rings. The number of allylic oxidation sites excluding steroid dienone is 1. The van der Waals surface area contributed by atoms with E-state index in [1.807, 2.05) is 12.1 Å². The van der Waals surface area contributed by atoms with Gasteiger partial charge >= 0.3 is 11.9 Å². The van der Waals surface area contributed by atoms with Crippen LogP contribution in [0.3, 0.4) is 0 Å². The predicted octanol–water partition coefficient (Wildman–Crippen LogP) is 9.46. The molecule has 0 aromatic heterocycles. The normalized spacial score (nSPS) is 35.5. The van der Waals surface area contributed by atoms with Crippen molar-refractivity contribution >= 4 is 29.3 Å². The first kappa shape index (κ1) is 44.3. The van der Waals surface area contributed by atoms with Crippen molar-refractivity contribution in [2.45, 2.75) is 145 Å². The molecule has 9 atom stereocenters. The van der Waals surface area contributed by atoms with Crippen LogP contribution in [0.1, 0.15) is 132 Å². The minimum absolute atomic E-state index is 0.0308. The number of carbonyl (C=O) groups is 3. The lowest BCUT2D eigenvalue weighted by molar-refractivity contribution is -0.235. The second-order valence-electron chi connectivity index (χ2n) is 21.7. The lowest BCUT2D eigenvalue weighted by Gasteiger charge is -2.72. The number of rotatable bonds is 13. The number of carbonyl (C=O) groups excluding carboxylic acids is 2. The Morgan fingerprint density at radius 2 is 1.58 bits per heavy atom. The van der Waals surface area contributed by atoms with Gasteiger partial charge in [-0.05, 0) is 142 Å². The van der Waals surface area contributed by atoms with Gasteiger partial charge < -0.3 is 19.8 Å². The molecule has 6 rings (SSSR count). The van der Waals surface area contributed by atoms with Gasteiger partial charge in [0.25, 0.3) is 0 Å². The SMILES string of the molecule is CC(C)C1=C2[C@H]3CC[C@@H]4[C@@]5(C)CC[C@H](OC(=O)CC(C)(C)C(=O)O)C(C)(C)[C@@H]5CC[C@@]4(C)C3(C)CC[C@@]2([C@@H](O)CN(CCN(C)C)Cc2ccc(Cl)cc2)CC1=O. The average molecular weight is 810 g/mol. The van der Waals surface area contributed by atoms with Crippen LogP contribution in [0.4, 0.5) is 0 Å². The summed E-state index contributed by atoms with van der Waals surface area (Å²) in [6.45, 7) is 22.6. The molecule has 57 heavy (non-hydrogen) atoms. The van der Waals surface area contributed by atoms with E-state index in [1.165, 1.54) is 5.57 Å². The quantitative estimate of drug-likeness (QED) is 0.190. The molecule has 5 aliphatic carbocycles. The number of ketones is 1. The van der Waals surface area contributed by atoms with Gasteiger partial charge in [0.1, 0.15) is 6.10 Å². The van der Waals surface area contributed by atoms with Crippen LogP contribution < -0.4 is 0 Å². The Hall–Kier alpha value is -2.26. The van der Waals surface area contributed by atoms with E-state index in [0.29, 0.717) is 36.4 Å². The summed E-state index contributed by atoms with van der Waals surface area (Å²) >= 11 is 6.24. The number of ether oxygens (including phenoxy) is 1. The summed E-state index contributed by atoms with van der Waals surface area (Å²) in [6.07, 6.45) is 7.13. The lowest BCUT2D eigenvalue weighted by atomic mass is 9.33. The number of aliphatic hydroxyl groups excluding tert-OH is 1. The van der Waals surface area contributed by atoms with Crippen LogP contribution in [0.5, 0.6) is 0 Å². The fraction of sp³-hybridized carbons (Fsp3) is 0.771. The Morgan fingerprint density at radius 1 is 0.912 bits per heavy atom. The number of aliphatic hydroxyl groups is 1. The maximum atomic E-state index is 14.3. The van der Waals surface area contributed by atoms with Crippen molar-refractivity contribution in [3.05, 3.63) is 46.0 Å². The number of hydrogen-bond acceptors (Lipinski definition) is 7. The smallest absolute Gasteiger partial charge is 0.309 e. The molecule has 8 nitrogen and oxygen atoms in total. The van der Waals surface area contributed by atoms with Crippen molar-refractivity contribution in [1.82, 2.24) is 9.80 Å². The summed E-state index contributed by atoms with van der Waals surface area (Å²) in [7, 11) is 4.17. The standard InChI is InChI=1S/C48H73ClN2O6/c1-30(2)40-34(52)26-48(37(53)29-51(25-24-50(10)11)28-31-12-14-32(49)15-13-31)23-22-46(8)33(41(40)48)16-17-36-45(7)20-19-38(57-39(54)27-43(3,4)42(55)56)44(5,6)35(45)18-21-47(36,46)9/h12-15,30,33,35-38,53H,16-29H2,1-11H3,(H,55,56)/t33-,35+,36-,37+,38+,45+,46?,47-,48+/m1/s1. The Balaban J connectivity index is 1.29. The Kier molecular flexibility index (Phi) is 12.2. The second kappa shape index (κ2) is 15.6. The zero-order valence-electron chi connectivity index (χ0n) is 37.0. The highest BCUT2D eigenvalue weighted by Crippen LogP contribution is 2.77. The highest BCUT2D eigenvalue weighted by Gasteiger charge is 2.71. The maximum Gasteiger partial charge on any atom is 0.309 e. The van der Waals surface area contributed by atoms with E-state index in [0.717, 1.165) is 75.6 Å². The number of halogens is 1. The van der Waals surface area contributed by atoms with Gasteiger partial charge in [0.15, 0.2) is 5.78 Å². The number of likely N-dealkylation sites (N-methyl/N-ethyl adjacent to an activating group) is 1. The van der Waals surface area contributed by atoms with Gasteiger partial charge in [-0.15, -0.1) is 0 Å². The Bertz CT molecular complexity index is 1740. The van der Waals surface area contributed by atoms with Crippen LogP contribution in [0.2, 0.25) is 5.02 Å². The van der Waals surface area contributed by atoms with Crippen molar-refractivity contribution in [2.75, 3.05) is 33.7 Å². The molecule has 4 saturated carbocycles. The summed E-state index contributed by atoms with van der Waals surface area (Å²) in [5.41, 5.74) is 1.54. The molecule has 0 saturated heterocycles. The van der Waals surface area contributed by atoms with Gasteiger partial charge in [-0.2, -0.15) is 0 Å². The van der Waals surface area contributed by atoms with Gasteiger partial charge in [0.05, 0.1) is 17.9 Å². The monoisotopic (exact) mass is 809 g/mol. The van der Waals surface area contributed by atoms with Gasteiger partial charge in [0, 0.05) is 48.5 Å². The van der Waals surface area contributed by atoms with Gasteiger partial charge in [-0.1, -0.05) is 77.8 Å². The summed E-state index contributed by atoms with van der Waals surface area (Å²) < 4.78 is 6.20. The highest BCUT2D eigenvalue weighted by atomic mass is 35.5. The topological polar surface area (TPSA) is 107 Å². The zero-order valence-corrected chi connectivity index (χ0v) is 37.7. The van der Waals surface area contributed by atoms with E-state index in [4.69, 9.17) is 16.3 Å². The fourth-order valence-electron chi connectivity index (χ4n) is 13.8. The molecule has 1 unspecified atom stereocenters. The van der Waals surface area contributed by atoms with Crippen molar-refractivity contribution in [3.8, 4) is 0 Å². The molecule has 2 N–H and O–H groups in total. The lowest BCUT2D eigenvalue weighted by Crippen LogP contribution is -2.66. The van der Waals surface area contributed by atoms with Crippen LogP contribution in [0.25, 0.3) is 0 Å². The molecular formula is C48H73ClN2O6. The fourth-order valence-corrected chi connectivity index (χ4v) is 13.9. The number of carboxylic acid groups (broad SMARTS) is 1. The number of aliphatic carboxylic acids is 1. The Labute approximate surface area is 348 Å². The molecule has 0 spiro atoms. The Morgan fingerprint density at radius 3 is 2.19 bits per heavy atom. The molecule has 0 aliphatic heterocycles. The number of benzene rings is 1. The van der Waals surface area contributed by atoms with Gasteiger partial charge in [-0.3, -0.25) is 19.3 Å². The first-order valence-corrected chi connectivity index (χ1v) is 22.3. The summed E-state index contributed by atoms with van der Waals surface area (Å²) in [5.74, 6) is 0.00261. The number of nitrogens with zero attached hydrogens (tertiary/aromatic N) is 2. The highest BCUT2D eigenvalue weighted by molar-refractivity contribution is 6.30. The average Bonchev–Trinajstić information content (AvgIpc) is 3.42. The maximum absolute atomic E-state index is 14.3. The molecule has 0 bridgehead atoms. The number of hydrogen-bond donors (Lipinski definition) is 2. The third-order valence-corrected chi connectivity index (χ3v) is 17.4. The molecule has 0 radical (unpaired) electrons. The minimum Gasteiger partial charge on any atom is -0.481 e.